The lowest BCUT2D eigenvalue weighted by Gasteiger charge is -2.17. The molecule has 5 rings (SSSR count). The smallest absolute Gasteiger partial charge is 0.381 e. The summed E-state index contributed by atoms with van der Waals surface area (Å²) >= 11 is 0. The highest BCUT2D eigenvalue weighted by molar-refractivity contribution is 5.98. The zero-order chi connectivity index (χ0) is 24.3. The van der Waals surface area contributed by atoms with Gasteiger partial charge in [-0.3, -0.25) is 4.98 Å². The van der Waals surface area contributed by atoms with Crippen LogP contribution in [0.5, 0.6) is 0 Å². The SMILES string of the molecule is FC(F)(F)c1cccc2c(-c3cccc(NCc4cc[c]cc4)c3)c(Cc3ccccc3)cnc12. The van der Waals surface area contributed by atoms with E-state index in [1.54, 1.807) is 12.3 Å². The van der Waals surface area contributed by atoms with Gasteiger partial charge in [0, 0.05) is 23.8 Å². The number of pyridine rings is 1. The third-order valence-corrected chi connectivity index (χ3v) is 5.95. The fourth-order valence-electron chi connectivity index (χ4n) is 4.31. The third kappa shape index (κ3) is 5.04. The molecule has 5 aromatic rings. The predicted octanol–water partition coefficient (Wildman–Crippen LogP) is 7.92. The summed E-state index contributed by atoms with van der Waals surface area (Å²) in [4.78, 5) is 4.29. The first-order chi connectivity index (χ1) is 17.0. The van der Waals surface area contributed by atoms with Crippen LogP contribution in [0.4, 0.5) is 18.9 Å². The quantitative estimate of drug-likeness (QED) is 0.274. The molecule has 5 heteroatoms. The van der Waals surface area contributed by atoms with E-state index in [1.807, 2.05) is 78.9 Å². The van der Waals surface area contributed by atoms with Crippen LogP contribution in [0.25, 0.3) is 22.0 Å². The summed E-state index contributed by atoms with van der Waals surface area (Å²) in [5.41, 5.74) is 4.79. The van der Waals surface area contributed by atoms with Gasteiger partial charge in [-0.15, -0.1) is 0 Å². The van der Waals surface area contributed by atoms with Crippen molar-refractivity contribution in [2.45, 2.75) is 19.1 Å². The maximum Gasteiger partial charge on any atom is 0.418 e. The van der Waals surface area contributed by atoms with Gasteiger partial charge in [0.1, 0.15) is 0 Å². The van der Waals surface area contributed by atoms with Crippen molar-refractivity contribution in [3.63, 3.8) is 0 Å². The first-order valence-corrected chi connectivity index (χ1v) is 11.3. The normalized spacial score (nSPS) is 11.5. The summed E-state index contributed by atoms with van der Waals surface area (Å²) < 4.78 is 41.3. The van der Waals surface area contributed by atoms with E-state index in [9.17, 15) is 13.2 Å². The van der Waals surface area contributed by atoms with Gasteiger partial charge in [0.2, 0.25) is 0 Å². The van der Waals surface area contributed by atoms with Crippen molar-refractivity contribution in [3.05, 3.63) is 132 Å². The Morgan fingerprint density at radius 3 is 2.34 bits per heavy atom. The molecule has 0 saturated heterocycles. The van der Waals surface area contributed by atoms with E-state index >= 15 is 0 Å². The van der Waals surface area contributed by atoms with E-state index in [2.05, 4.69) is 16.4 Å². The number of fused-ring (bicyclic) bond motifs is 1. The van der Waals surface area contributed by atoms with E-state index in [1.165, 1.54) is 6.07 Å². The Morgan fingerprint density at radius 1 is 0.800 bits per heavy atom. The first kappa shape index (κ1) is 22.7. The number of hydrogen-bond acceptors (Lipinski definition) is 2. The van der Waals surface area contributed by atoms with Crippen molar-refractivity contribution in [3.8, 4) is 11.1 Å². The Hall–Kier alpha value is -4.12. The number of para-hydroxylation sites is 1. The van der Waals surface area contributed by atoms with Gasteiger partial charge < -0.3 is 5.32 Å². The second kappa shape index (κ2) is 9.63. The molecule has 0 aliphatic rings. The number of benzene rings is 4. The molecule has 1 heterocycles. The summed E-state index contributed by atoms with van der Waals surface area (Å²) in [6.45, 7) is 0.629. The van der Waals surface area contributed by atoms with Gasteiger partial charge in [-0.2, -0.15) is 13.2 Å². The lowest BCUT2D eigenvalue weighted by Crippen LogP contribution is -2.07. The number of nitrogens with zero attached hydrogens (tertiary/aromatic N) is 1. The second-order valence-corrected chi connectivity index (χ2v) is 8.36. The molecule has 0 fully saturated rings. The van der Waals surface area contributed by atoms with Crippen LogP contribution in [0.2, 0.25) is 0 Å². The van der Waals surface area contributed by atoms with Crippen molar-refractivity contribution >= 4 is 16.6 Å². The average Bonchev–Trinajstić information content (AvgIpc) is 2.88. The maximum absolute atomic E-state index is 13.8. The molecule has 35 heavy (non-hydrogen) atoms. The van der Waals surface area contributed by atoms with Crippen LogP contribution in [0.15, 0.2) is 103 Å². The topological polar surface area (TPSA) is 24.9 Å². The summed E-state index contributed by atoms with van der Waals surface area (Å²) in [6.07, 6.45) is -2.34. The minimum absolute atomic E-state index is 0.0364. The monoisotopic (exact) mass is 467 g/mol. The van der Waals surface area contributed by atoms with E-state index in [-0.39, 0.29) is 5.52 Å². The lowest BCUT2D eigenvalue weighted by molar-refractivity contribution is -0.136. The highest BCUT2D eigenvalue weighted by atomic mass is 19.4. The Balaban J connectivity index is 1.62. The van der Waals surface area contributed by atoms with Gasteiger partial charge in [0.25, 0.3) is 0 Å². The van der Waals surface area contributed by atoms with Crippen molar-refractivity contribution in [1.29, 1.82) is 0 Å². The van der Waals surface area contributed by atoms with Gasteiger partial charge in [-0.25, -0.2) is 0 Å². The first-order valence-electron chi connectivity index (χ1n) is 11.3. The zero-order valence-electron chi connectivity index (χ0n) is 18.8. The summed E-state index contributed by atoms with van der Waals surface area (Å²) in [6, 6.07) is 32.7. The number of hydrogen-bond donors (Lipinski definition) is 1. The molecule has 0 amide bonds. The zero-order valence-corrected chi connectivity index (χ0v) is 18.8. The number of nitrogens with one attached hydrogen (secondary N) is 1. The number of rotatable bonds is 6. The molecule has 0 aliphatic heterocycles. The molecule has 1 radical (unpaired) electrons. The lowest BCUT2D eigenvalue weighted by atomic mass is 9.91. The van der Waals surface area contributed by atoms with Crippen LogP contribution in [0, 0.1) is 6.07 Å². The third-order valence-electron chi connectivity index (χ3n) is 5.95. The summed E-state index contributed by atoms with van der Waals surface area (Å²) in [5, 5.41) is 3.90. The van der Waals surface area contributed by atoms with Gasteiger partial charge >= 0.3 is 6.18 Å². The predicted molar refractivity (Wildman–Crippen MR) is 134 cm³/mol. The maximum atomic E-state index is 13.8. The Labute approximate surface area is 202 Å². The van der Waals surface area contributed by atoms with Gasteiger partial charge in [-0.05, 0) is 58.5 Å². The number of halogens is 3. The fourth-order valence-corrected chi connectivity index (χ4v) is 4.31. The molecule has 0 aliphatic carbocycles. The van der Waals surface area contributed by atoms with Crippen LogP contribution in [-0.2, 0) is 19.1 Å². The van der Waals surface area contributed by atoms with Crippen molar-refractivity contribution in [1.82, 2.24) is 4.98 Å². The largest absolute Gasteiger partial charge is 0.418 e. The molecule has 1 aromatic heterocycles. The molecule has 173 valence electrons. The average molecular weight is 468 g/mol. The van der Waals surface area contributed by atoms with Gasteiger partial charge in [0.05, 0.1) is 11.1 Å². The molecule has 0 spiro atoms. The van der Waals surface area contributed by atoms with Crippen LogP contribution < -0.4 is 5.32 Å². The molecule has 0 unspecified atom stereocenters. The van der Waals surface area contributed by atoms with Crippen LogP contribution in [-0.4, -0.2) is 4.98 Å². The van der Waals surface area contributed by atoms with Gasteiger partial charge in [-0.1, -0.05) is 78.9 Å². The van der Waals surface area contributed by atoms with Gasteiger partial charge in [0.15, 0.2) is 0 Å². The van der Waals surface area contributed by atoms with Crippen LogP contribution in [0.3, 0.4) is 0 Å². The highest BCUT2D eigenvalue weighted by Crippen LogP contribution is 2.39. The molecule has 4 aromatic carbocycles. The number of aromatic nitrogens is 1. The van der Waals surface area contributed by atoms with Crippen molar-refractivity contribution < 1.29 is 13.2 Å². The molecule has 0 bridgehead atoms. The molecule has 0 atom stereocenters. The Morgan fingerprint density at radius 2 is 1.57 bits per heavy atom. The molecule has 0 saturated carbocycles. The number of anilines is 1. The van der Waals surface area contributed by atoms with Crippen molar-refractivity contribution in [2.24, 2.45) is 0 Å². The van der Waals surface area contributed by atoms with E-state index in [0.29, 0.717) is 18.4 Å². The Bertz CT molecular complexity index is 1450. The fraction of sp³-hybridized carbons (Fsp3) is 0.100. The van der Waals surface area contributed by atoms with E-state index in [4.69, 9.17) is 0 Å². The molecule has 2 nitrogen and oxygen atoms in total. The standard InChI is InChI=1S/C30H22F3N2/c31-30(32,33)27-16-8-15-26-28(24(20-35-29(26)27)17-21-9-3-1-4-10-21)23-13-7-14-25(18-23)34-19-22-11-5-2-6-12-22/h1,3-16,18,20,34H,17,19H2. The van der Waals surface area contributed by atoms with E-state index in [0.717, 1.165) is 39.6 Å². The minimum atomic E-state index is -4.48. The van der Waals surface area contributed by atoms with E-state index < -0.39 is 11.7 Å². The minimum Gasteiger partial charge on any atom is -0.381 e. The second-order valence-electron chi connectivity index (χ2n) is 8.36. The number of alkyl halides is 3. The van der Waals surface area contributed by atoms with Crippen molar-refractivity contribution in [2.75, 3.05) is 5.32 Å². The highest BCUT2D eigenvalue weighted by Gasteiger charge is 2.33. The molecular weight excluding hydrogens is 445 g/mol. The summed E-state index contributed by atoms with van der Waals surface area (Å²) in [7, 11) is 0. The van der Waals surface area contributed by atoms with Crippen LogP contribution >= 0.6 is 0 Å². The molecular formula is C30H22F3N2. The summed E-state index contributed by atoms with van der Waals surface area (Å²) in [5.74, 6) is 0. The van der Waals surface area contributed by atoms with Crippen LogP contribution in [0.1, 0.15) is 22.3 Å². The Kier molecular flexibility index (Phi) is 6.23. The molecule has 1 N–H and O–H groups in total.